The van der Waals surface area contributed by atoms with Crippen molar-refractivity contribution >= 4 is 29.8 Å². The number of nitrogens with one attached hydrogen (secondary N) is 1. The number of carbonyl (C=O) groups excluding carboxylic acids is 5. The highest BCUT2D eigenvalue weighted by molar-refractivity contribution is 5.89. The molecule has 4 saturated carbocycles. The number of fused-ring (bicyclic) bond motifs is 7. The van der Waals surface area contributed by atoms with Crippen LogP contribution in [0.1, 0.15) is 134 Å². The normalized spacial score (nSPS) is 42.3. The summed E-state index contributed by atoms with van der Waals surface area (Å²) in [6, 6.07) is -0.684. The van der Waals surface area contributed by atoms with Crippen molar-refractivity contribution in [2.24, 2.45) is 62.6 Å². The topological polar surface area (TPSA) is 134 Å². The lowest BCUT2D eigenvalue weighted by Crippen LogP contribution is -2.69. The molecule has 10 nitrogen and oxygen atoms in total. The zero-order valence-corrected chi connectivity index (χ0v) is 34.5. The minimum Gasteiger partial charge on any atom is -0.467 e. The van der Waals surface area contributed by atoms with E-state index in [1.54, 1.807) is 0 Å². The monoisotopic (exact) mass is 741 g/mol. The van der Waals surface area contributed by atoms with E-state index in [-0.39, 0.29) is 58.3 Å². The molecule has 0 bridgehead atoms. The summed E-state index contributed by atoms with van der Waals surface area (Å²) in [5.41, 5.74) is -0.740. The van der Waals surface area contributed by atoms with Crippen molar-refractivity contribution in [2.75, 3.05) is 13.7 Å². The SMILES string of the molecule is COC(=O)[C@H](CC(C)C)NC(=O)[C@]12CC[C@@H](C)[C@H](C)[C@H]1C1=CC[C@@H]3[C@@]4(C)C[C@@H](OC(C)=O)[C@H](OC(C)=O)[C@@](C)(COC(C)=O)[C@@H]4CC[C@@]3(C)[C@]1(C)CC2. The average molecular weight is 742 g/mol. The van der Waals surface area contributed by atoms with Gasteiger partial charge >= 0.3 is 23.9 Å². The molecular weight excluding hydrogens is 674 g/mol. The summed E-state index contributed by atoms with van der Waals surface area (Å²) in [5, 5.41) is 3.22. The smallest absolute Gasteiger partial charge is 0.328 e. The van der Waals surface area contributed by atoms with Crippen LogP contribution in [0.25, 0.3) is 0 Å². The molecule has 5 rings (SSSR count). The van der Waals surface area contributed by atoms with E-state index in [0.29, 0.717) is 18.8 Å². The molecule has 0 saturated heterocycles. The number of allylic oxidation sites excluding steroid dienone is 2. The second-order valence-electron chi connectivity index (χ2n) is 19.2. The molecule has 0 radical (unpaired) electrons. The van der Waals surface area contributed by atoms with Crippen LogP contribution in [-0.2, 0) is 42.9 Å². The second-order valence-corrected chi connectivity index (χ2v) is 19.2. The lowest BCUT2D eigenvalue weighted by atomic mass is 9.33. The Kier molecular flexibility index (Phi) is 11.4. The first-order chi connectivity index (χ1) is 24.6. The molecule has 1 amide bonds. The highest BCUT2D eigenvalue weighted by atomic mass is 16.6. The molecule has 53 heavy (non-hydrogen) atoms. The molecule has 0 aromatic heterocycles. The Balaban J connectivity index is 1.59. The standard InChI is InChI=1S/C43H67NO9/c1-24(2)21-31(37(48)50-12)44-38(49)43-18-15-25(3)26(4)35(43)30-13-14-34-39(8)22-32(52-28(6)46)36(53-29(7)47)40(9,23-51-27(5)45)33(39)16-17-42(34,11)41(30,10)19-20-43/h13,24-26,31-36H,14-23H2,1-12H3,(H,44,49)/t25-,26+,31+,32-,33-,34-,35+,36+,39+,40+,41-,42-,43+/m1/s1. The van der Waals surface area contributed by atoms with Gasteiger partial charge in [-0.3, -0.25) is 19.2 Å². The van der Waals surface area contributed by atoms with Crippen LogP contribution in [0.2, 0.25) is 0 Å². The number of rotatable bonds is 9. The number of ether oxygens (including phenoxy) is 4. The van der Waals surface area contributed by atoms with Crippen molar-refractivity contribution in [3.63, 3.8) is 0 Å². The fraction of sp³-hybridized carbons (Fsp3) is 0.837. The molecule has 0 heterocycles. The molecule has 298 valence electrons. The van der Waals surface area contributed by atoms with E-state index in [1.807, 2.05) is 6.92 Å². The number of hydrogen-bond donors (Lipinski definition) is 1. The van der Waals surface area contributed by atoms with E-state index >= 15 is 0 Å². The van der Waals surface area contributed by atoms with E-state index in [0.717, 1.165) is 44.9 Å². The van der Waals surface area contributed by atoms with Crippen LogP contribution in [0.5, 0.6) is 0 Å². The molecule has 5 aliphatic rings. The van der Waals surface area contributed by atoms with E-state index < -0.39 is 53.0 Å². The molecule has 0 aliphatic heterocycles. The number of carbonyl (C=O) groups is 5. The summed E-state index contributed by atoms with van der Waals surface area (Å²) in [5.74, 6) is -0.564. The Morgan fingerprint density at radius 2 is 1.53 bits per heavy atom. The minimum atomic E-state index is -0.796. The first kappa shape index (κ1) is 41.3. The van der Waals surface area contributed by atoms with Crippen molar-refractivity contribution in [2.45, 2.75) is 152 Å². The Hall–Kier alpha value is -2.91. The van der Waals surface area contributed by atoms with Gasteiger partial charge in [0.05, 0.1) is 12.5 Å². The van der Waals surface area contributed by atoms with Gasteiger partial charge in [0.25, 0.3) is 0 Å². The van der Waals surface area contributed by atoms with Gasteiger partial charge in [-0.05, 0) is 110 Å². The van der Waals surface area contributed by atoms with Crippen LogP contribution < -0.4 is 5.32 Å². The van der Waals surface area contributed by atoms with Gasteiger partial charge < -0.3 is 24.3 Å². The van der Waals surface area contributed by atoms with E-state index in [4.69, 9.17) is 18.9 Å². The fourth-order valence-electron chi connectivity index (χ4n) is 13.1. The van der Waals surface area contributed by atoms with E-state index in [1.165, 1.54) is 33.5 Å². The van der Waals surface area contributed by atoms with Gasteiger partial charge in [-0.15, -0.1) is 0 Å². The predicted molar refractivity (Wildman–Crippen MR) is 200 cm³/mol. The molecule has 0 unspecified atom stereocenters. The van der Waals surface area contributed by atoms with Crippen molar-refractivity contribution in [3.05, 3.63) is 11.6 Å². The molecule has 5 aliphatic carbocycles. The summed E-state index contributed by atoms with van der Waals surface area (Å²) in [6.45, 7) is 22.2. The maximum atomic E-state index is 14.8. The van der Waals surface area contributed by atoms with E-state index in [2.05, 4.69) is 59.9 Å². The van der Waals surface area contributed by atoms with Crippen LogP contribution in [0.3, 0.4) is 0 Å². The third-order valence-corrected chi connectivity index (χ3v) is 15.8. The Bertz CT molecular complexity index is 1510. The van der Waals surface area contributed by atoms with Crippen LogP contribution >= 0.6 is 0 Å². The molecule has 0 aromatic carbocycles. The highest BCUT2D eigenvalue weighted by Gasteiger charge is 2.72. The maximum absolute atomic E-state index is 14.8. The first-order valence-corrected chi connectivity index (χ1v) is 20.2. The van der Waals surface area contributed by atoms with E-state index in [9.17, 15) is 24.0 Å². The molecule has 10 heteroatoms. The second kappa shape index (κ2) is 14.6. The summed E-state index contributed by atoms with van der Waals surface area (Å²) < 4.78 is 22.9. The number of esters is 4. The van der Waals surface area contributed by atoms with Crippen LogP contribution in [0.15, 0.2) is 11.6 Å². The third-order valence-electron chi connectivity index (χ3n) is 15.8. The van der Waals surface area contributed by atoms with Crippen LogP contribution in [0.4, 0.5) is 0 Å². The summed E-state index contributed by atoms with van der Waals surface area (Å²) in [4.78, 5) is 65.1. The Morgan fingerprint density at radius 1 is 0.868 bits per heavy atom. The summed E-state index contributed by atoms with van der Waals surface area (Å²) >= 11 is 0. The number of amides is 1. The molecular formula is C43H67NO9. The van der Waals surface area contributed by atoms with Gasteiger partial charge in [0, 0.05) is 26.2 Å². The van der Waals surface area contributed by atoms with Gasteiger partial charge in [0.15, 0.2) is 0 Å². The molecule has 0 aromatic rings. The number of methoxy groups -OCH3 is 1. The largest absolute Gasteiger partial charge is 0.467 e. The van der Waals surface area contributed by atoms with Crippen LogP contribution in [-0.4, -0.2) is 61.8 Å². The Morgan fingerprint density at radius 3 is 2.11 bits per heavy atom. The van der Waals surface area contributed by atoms with Gasteiger partial charge in [-0.1, -0.05) is 67.0 Å². The average Bonchev–Trinajstić information content (AvgIpc) is 3.06. The fourth-order valence-corrected chi connectivity index (χ4v) is 13.1. The van der Waals surface area contributed by atoms with Gasteiger partial charge in [0.1, 0.15) is 24.9 Å². The molecule has 13 atom stereocenters. The highest BCUT2D eigenvalue weighted by Crippen LogP contribution is 2.76. The molecule has 4 fully saturated rings. The quantitative estimate of drug-likeness (QED) is 0.146. The van der Waals surface area contributed by atoms with Crippen molar-refractivity contribution in [1.29, 1.82) is 0 Å². The minimum absolute atomic E-state index is 0.0143. The zero-order valence-electron chi connectivity index (χ0n) is 34.5. The summed E-state index contributed by atoms with van der Waals surface area (Å²) in [7, 11) is 1.38. The molecule has 1 N–H and O–H groups in total. The zero-order chi connectivity index (χ0) is 39.5. The van der Waals surface area contributed by atoms with Crippen molar-refractivity contribution in [3.8, 4) is 0 Å². The first-order valence-electron chi connectivity index (χ1n) is 20.2. The summed E-state index contributed by atoms with van der Waals surface area (Å²) in [6.07, 6.45) is 7.93. The van der Waals surface area contributed by atoms with Crippen molar-refractivity contribution < 1.29 is 42.9 Å². The number of hydrogen-bond acceptors (Lipinski definition) is 9. The van der Waals surface area contributed by atoms with Crippen LogP contribution in [0, 0.1) is 62.6 Å². The lowest BCUT2D eigenvalue weighted by Gasteiger charge is -2.72. The maximum Gasteiger partial charge on any atom is 0.328 e. The van der Waals surface area contributed by atoms with Gasteiger partial charge in [-0.25, -0.2) is 4.79 Å². The van der Waals surface area contributed by atoms with Gasteiger partial charge in [-0.2, -0.15) is 0 Å². The molecule has 0 spiro atoms. The van der Waals surface area contributed by atoms with Crippen molar-refractivity contribution in [1.82, 2.24) is 5.32 Å². The predicted octanol–water partition coefficient (Wildman–Crippen LogP) is 7.36. The lowest BCUT2D eigenvalue weighted by molar-refractivity contribution is -0.255. The van der Waals surface area contributed by atoms with Gasteiger partial charge in [0.2, 0.25) is 5.91 Å². The Labute approximate surface area is 317 Å². The third kappa shape index (κ3) is 6.74.